The molecule has 2 aromatic rings. The molecule has 0 atom stereocenters. The van der Waals surface area contributed by atoms with Crippen molar-refractivity contribution < 1.29 is 14.6 Å². The molecule has 0 bridgehead atoms. The molecule has 0 fully saturated rings. The highest BCUT2D eigenvalue weighted by Crippen LogP contribution is 2.35. The minimum Gasteiger partial charge on any atom is -0.478 e. The van der Waals surface area contributed by atoms with Gasteiger partial charge >= 0.3 is 5.97 Å². The van der Waals surface area contributed by atoms with E-state index in [9.17, 15) is 9.90 Å². The molecule has 0 unspecified atom stereocenters. The Hall–Kier alpha value is -1.33. The average molecular weight is 428 g/mol. The number of alkyl halides is 1. The van der Waals surface area contributed by atoms with Crippen molar-refractivity contribution in [1.29, 1.82) is 0 Å². The van der Waals surface area contributed by atoms with Gasteiger partial charge in [0.1, 0.15) is 5.75 Å². The molecule has 1 N–H and O–H groups in total. The van der Waals surface area contributed by atoms with Gasteiger partial charge < -0.3 is 9.84 Å². The van der Waals surface area contributed by atoms with E-state index in [1.54, 1.807) is 6.07 Å². The van der Waals surface area contributed by atoms with E-state index in [-0.39, 0.29) is 0 Å². The lowest BCUT2D eigenvalue weighted by atomic mass is 10.0. The van der Waals surface area contributed by atoms with Crippen LogP contribution in [0.15, 0.2) is 46.9 Å². The Morgan fingerprint density at radius 3 is 2.36 bits per heavy atom. The minimum absolute atomic E-state index is 0.544. The van der Waals surface area contributed by atoms with Gasteiger partial charge in [-0.1, -0.05) is 56.1 Å². The Labute approximate surface area is 146 Å². The number of halogens is 2. The summed E-state index contributed by atoms with van der Waals surface area (Å²) in [6, 6.07) is 13.6. The van der Waals surface area contributed by atoms with Crippen LogP contribution in [0.5, 0.6) is 5.75 Å². The number of rotatable bonds is 5. The summed E-state index contributed by atoms with van der Waals surface area (Å²) in [5, 5.41) is 10.0. The van der Waals surface area contributed by atoms with Crippen LogP contribution < -0.4 is 4.74 Å². The van der Waals surface area contributed by atoms with E-state index >= 15 is 0 Å². The maximum absolute atomic E-state index is 11.3. The molecule has 0 saturated carbocycles. The fourth-order valence-electron chi connectivity index (χ4n) is 1.91. The van der Waals surface area contributed by atoms with E-state index < -0.39 is 11.6 Å². The second-order valence-electron chi connectivity index (χ2n) is 5.39. The summed E-state index contributed by atoms with van der Waals surface area (Å²) in [6.45, 7) is 3.07. The number of carbonyl (C=O) groups is 1. The third-order valence-electron chi connectivity index (χ3n) is 3.24. The van der Waals surface area contributed by atoms with Crippen molar-refractivity contribution in [2.45, 2.75) is 24.8 Å². The van der Waals surface area contributed by atoms with Crippen molar-refractivity contribution in [3.8, 4) is 16.9 Å². The van der Waals surface area contributed by atoms with Gasteiger partial charge in [0.15, 0.2) is 5.60 Å². The van der Waals surface area contributed by atoms with Gasteiger partial charge in [-0.25, -0.2) is 4.79 Å². The molecule has 0 radical (unpaired) electrons. The summed E-state index contributed by atoms with van der Waals surface area (Å²) in [7, 11) is 0. The molecule has 5 heteroatoms. The summed E-state index contributed by atoms with van der Waals surface area (Å²) >= 11 is 6.87. The molecule has 0 amide bonds. The van der Waals surface area contributed by atoms with Gasteiger partial charge in [0.2, 0.25) is 0 Å². The van der Waals surface area contributed by atoms with Crippen molar-refractivity contribution in [3.05, 3.63) is 52.5 Å². The zero-order chi connectivity index (χ0) is 16.3. The lowest BCUT2D eigenvalue weighted by molar-refractivity contribution is -0.152. The highest BCUT2D eigenvalue weighted by molar-refractivity contribution is 9.10. The van der Waals surface area contributed by atoms with Crippen LogP contribution in [0, 0.1) is 0 Å². The predicted molar refractivity (Wildman–Crippen MR) is 94.6 cm³/mol. The number of hydrogen-bond acceptors (Lipinski definition) is 2. The van der Waals surface area contributed by atoms with Gasteiger partial charge in [-0.05, 0) is 43.2 Å². The lowest BCUT2D eigenvalue weighted by Crippen LogP contribution is -2.38. The fourth-order valence-corrected chi connectivity index (χ4v) is 2.64. The molecule has 0 heterocycles. The van der Waals surface area contributed by atoms with Crippen LogP contribution in [0.1, 0.15) is 19.4 Å². The second-order valence-corrected chi connectivity index (χ2v) is 6.86. The second kappa shape index (κ2) is 6.84. The summed E-state index contributed by atoms with van der Waals surface area (Å²) < 4.78 is 6.64. The molecule has 2 aromatic carbocycles. The van der Waals surface area contributed by atoms with Crippen LogP contribution in [0.4, 0.5) is 0 Å². The Bertz CT molecular complexity index is 679. The van der Waals surface area contributed by atoms with E-state index in [0.29, 0.717) is 5.75 Å². The number of carboxylic acid groups (broad SMARTS) is 1. The van der Waals surface area contributed by atoms with Gasteiger partial charge in [0, 0.05) is 15.4 Å². The quantitative estimate of drug-likeness (QED) is 0.662. The van der Waals surface area contributed by atoms with Gasteiger partial charge in [0.25, 0.3) is 0 Å². The predicted octanol–water partition coefficient (Wildman–Crippen LogP) is 5.25. The van der Waals surface area contributed by atoms with E-state index in [1.165, 1.54) is 19.4 Å². The highest BCUT2D eigenvalue weighted by atomic mass is 79.9. The van der Waals surface area contributed by atoms with Crippen LogP contribution in [-0.4, -0.2) is 16.7 Å². The zero-order valence-electron chi connectivity index (χ0n) is 12.3. The lowest BCUT2D eigenvalue weighted by Gasteiger charge is -2.23. The normalized spacial score (nSPS) is 11.3. The molecule has 0 saturated heterocycles. The molecule has 0 aliphatic rings. The zero-order valence-corrected chi connectivity index (χ0v) is 15.4. The highest BCUT2D eigenvalue weighted by Gasteiger charge is 2.30. The number of benzene rings is 2. The van der Waals surface area contributed by atoms with Crippen LogP contribution in [-0.2, 0) is 10.1 Å². The van der Waals surface area contributed by atoms with E-state index in [0.717, 1.165) is 20.9 Å². The molecule has 0 spiro atoms. The van der Waals surface area contributed by atoms with E-state index in [1.807, 2.05) is 36.4 Å². The maximum atomic E-state index is 11.3. The largest absolute Gasteiger partial charge is 0.478 e. The van der Waals surface area contributed by atoms with Gasteiger partial charge in [-0.2, -0.15) is 0 Å². The first-order valence-corrected chi connectivity index (χ1v) is 8.62. The summed E-state index contributed by atoms with van der Waals surface area (Å²) in [5.41, 5.74) is 1.71. The molecular formula is C17H16Br2O3. The number of ether oxygens (including phenoxy) is 1. The Balaban J connectivity index is 2.45. The molecule has 2 rings (SSSR count). The molecule has 0 aromatic heterocycles. The number of hydrogen-bond donors (Lipinski definition) is 1. The van der Waals surface area contributed by atoms with Gasteiger partial charge in [0.05, 0.1) is 0 Å². The molecular weight excluding hydrogens is 412 g/mol. The molecule has 0 aliphatic heterocycles. The van der Waals surface area contributed by atoms with Gasteiger partial charge in [-0.3, -0.25) is 0 Å². The number of carboxylic acids is 1. The topological polar surface area (TPSA) is 46.5 Å². The SMILES string of the molecule is CC(C)(Oc1ccc(Br)cc1-c1ccc(CBr)cc1)C(=O)O. The first-order valence-electron chi connectivity index (χ1n) is 6.71. The standard InChI is InChI=1S/C17H16Br2O3/c1-17(2,16(20)21)22-15-8-7-13(19)9-14(15)12-5-3-11(10-18)4-6-12/h3-9H,10H2,1-2H3,(H,20,21). The first-order chi connectivity index (χ1) is 10.3. The van der Waals surface area contributed by atoms with Crippen LogP contribution in [0.3, 0.4) is 0 Å². The molecule has 116 valence electrons. The summed E-state index contributed by atoms with van der Waals surface area (Å²) in [6.07, 6.45) is 0. The smallest absolute Gasteiger partial charge is 0.347 e. The monoisotopic (exact) mass is 426 g/mol. The van der Waals surface area contributed by atoms with E-state index in [2.05, 4.69) is 31.9 Å². The van der Waals surface area contributed by atoms with Crippen molar-refractivity contribution >= 4 is 37.8 Å². The minimum atomic E-state index is -1.29. The van der Waals surface area contributed by atoms with Crippen LogP contribution >= 0.6 is 31.9 Å². The Morgan fingerprint density at radius 1 is 1.18 bits per heavy atom. The van der Waals surface area contributed by atoms with Crippen molar-refractivity contribution in [1.82, 2.24) is 0 Å². The molecule has 3 nitrogen and oxygen atoms in total. The maximum Gasteiger partial charge on any atom is 0.347 e. The fraction of sp³-hybridized carbons (Fsp3) is 0.235. The summed E-state index contributed by atoms with van der Waals surface area (Å²) in [4.78, 5) is 11.3. The Morgan fingerprint density at radius 2 is 1.82 bits per heavy atom. The third-order valence-corrected chi connectivity index (χ3v) is 4.38. The van der Waals surface area contributed by atoms with Crippen molar-refractivity contribution in [2.75, 3.05) is 0 Å². The van der Waals surface area contributed by atoms with Crippen LogP contribution in [0.25, 0.3) is 11.1 Å². The van der Waals surface area contributed by atoms with E-state index in [4.69, 9.17) is 4.74 Å². The number of aliphatic carboxylic acids is 1. The Kier molecular flexibility index (Phi) is 5.29. The van der Waals surface area contributed by atoms with Gasteiger partial charge in [-0.15, -0.1) is 0 Å². The van der Waals surface area contributed by atoms with Crippen molar-refractivity contribution in [3.63, 3.8) is 0 Å². The van der Waals surface area contributed by atoms with Crippen molar-refractivity contribution in [2.24, 2.45) is 0 Å². The molecule has 22 heavy (non-hydrogen) atoms. The summed E-state index contributed by atoms with van der Waals surface area (Å²) in [5.74, 6) is -0.460. The third kappa shape index (κ3) is 3.90. The molecule has 0 aliphatic carbocycles. The first kappa shape index (κ1) is 17.0. The van der Waals surface area contributed by atoms with Crippen LogP contribution in [0.2, 0.25) is 0 Å². The average Bonchev–Trinajstić information content (AvgIpc) is 2.49.